The third kappa shape index (κ3) is 7.66. The summed E-state index contributed by atoms with van der Waals surface area (Å²) < 4.78 is 19.9. The van der Waals surface area contributed by atoms with Gasteiger partial charge in [0.05, 0.1) is 12.6 Å². The Morgan fingerprint density at radius 2 is 2.04 bits per heavy atom. The molecule has 1 aromatic rings. The van der Waals surface area contributed by atoms with E-state index < -0.39 is 0 Å². The Labute approximate surface area is 169 Å². The summed E-state index contributed by atoms with van der Waals surface area (Å²) in [6, 6.07) is 5.15. The van der Waals surface area contributed by atoms with Gasteiger partial charge in [0.1, 0.15) is 0 Å². The fourth-order valence-corrected chi connectivity index (χ4v) is 3.09. The Bertz CT molecular complexity index is 615. The summed E-state index contributed by atoms with van der Waals surface area (Å²) in [6.45, 7) is 11.2. The molecule has 1 aliphatic rings. The highest BCUT2D eigenvalue weighted by molar-refractivity contribution is 5.80. The van der Waals surface area contributed by atoms with Gasteiger partial charge in [0.15, 0.2) is 17.5 Å². The number of ether oxygens (including phenoxy) is 1. The highest BCUT2D eigenvalue weighted by Crippen LogP contribution is 2.30. The van der Waals surface area contributed by atoms with E-state index in [4.69, 9.17) is 4.74 Å². The number of hydrogen-bond donors (Lipinski definition) is 2. The fraction of sp³-hybridized carbons (Fsp3) is 0.682. The zero-order chi connectivity index (χ0) is 20.4. The smallest absolute Gasteiger partial charge is 0.191 e. The molecule has 0 aromatic heterocycles. The molecule has 0 heterocycles. The second-order valence-corrected chi connectivity index (χ2v) is 7.54. The molecule has 0 saturated heterocycles. The molecule has 2 rings (SSSR count). The normalized spacial score (nSPS) is 15.6. The number of nitrogens with zero attached hydrogens (tertiary/aromatic N) is 2. The van der Waals surface area contributed by atoms with Crippen molar-refractivity contribution in [2.24, 2.45) is 10.9 Å². The molecule has 5 nitrogen and oxygen atoms in total. The molecular weight excluding hydrogens is 355 g/mol. The zero-order valence-corrected chi connectivity index (χ0v) is 17.9. The minimum atomic E-state index is -0.300. The van der Waals surface area contributed by atoms with Crippen LogP contribution in [0.1, 0.15) is 58.1 Å². The number of rotatable bonds is 12. The maximum Gasteiger partial charge on any atom is 0.191 e. The second kappa shape index (κ2) is 11.9. The number of halogens is 1. The van der Waals surface area contributed by atoms with Crippen LogP contribution >= 0.6 is 0 Å². The van der Waals surface area contributed by atoms with Crippen LogP contribution in [0.4, 0.5) is 4.39 Å². The van der Waals surface area contributed by atoms with E-state index in [9.17, 15) is 4.39 Å². The molecule has 28 heavy (non-hydrogen) atoms. The summed E-state index contributed by atoms with van der Waals surface area (Å²) in [5.41, 5.74) is 0.876. The van der Waals surface area contributed by atoms with Crippen molar-refractivity contribution < 1.29 is 9.13 Å². The van der Waals surface area contributed by atoms with E-state index in [2.05, 4.69) is 34.4 Å². The van der Waals surface area contributed by atoms with E-state index in [1.54, 1.807) is 19.2 Å². The van der Waals surface area contributed by atoms with Crippen LogP contribution in [0, 0.1) is 11.7 Å². The SMILES string of the molecule is CCN(CC)CCCCNC(=NC)NC(C)c1ccc(OCC2CC2)c(F)c1. The molecular formula is C22H37FN4O. The van der Waals surface area contributed by atoms with Crippen molar-refractivity contribution >= 4 is 5.96 Å². The van der Waals surface area contributed by atoms with Gasteiger partial charge in [0, 0.05) is 13.6 Å². The van der Waals surface area contributed by atoms with Gasteiger partial charge in [-0.2, -0.15) is 0 Å². The van der Waals surface area contributed by atoms with E-state index in [0.29, 0.717) is 18.3 Å². The van der Waals surface area contributed by atoms with Gasteiger partial charge in [-0.25, -0.2) is 4.39 Å². The average molecular weight is 393 g/mol. The van der Waals surface area contributed by atoms with Crippen LogP contribution in [-0.4, -0.2) is 50.7 Å². The van der Waals surface area contributed by atoms with Gasteiger partial charge in [-0.1, -0.05) is 19.9 Å². The summed E-state index contributed by atoms with van der Waals surface area (Å²) in [6.07, 6.45) is 4.65. The molecule has 6 heteroatoms. The zero-order valence-electron chi connectivity index (χ0n) is 17.9. The van der Waals surface area contributed by atoms with Crippen molar-refractivity contribution in [3.05, 3.63) is 29.6 Å². The molecule has 0 radical (unpaired) electrons. The molecule has 1 fully saturated rings. The van der Waals surface area contributed by atoms with Crippen LogP contribution in [0.15, 0.2) is 23.2 Å². The van der Waals surface area contributed by atoms with Crippen LogP contribution in [0.3, 0.4) is 0 Å². The molecule has 1 unspecified atom stereocenters. The molecule has 158 valence electrons. The number of aliphatic imine (C=N–C) groups is 1. The average Bonchev–Trinajstić information content (AvgIpc) is 3.53. The molecule has 0 amide bonds. The van der Waals surface area contributed by atoms with Crippen molar-refractivity contribution in [3.8, 4) is 5.75 Å². The molecule has 1 aliphatic carbocycles. The third-order valence-corrected chi connectivity index (χ3v) is 5.29. The minimum Gasteiger partial charge on any atom is -0.490 e. The van der Waals surface area contributed by atoms with Crippen molar-refractivity contribution in [3.63, 3.8) is 0 Å². The predicted octanol–water partition coefficient (Wildman–Crippen LogP) is 3.96. The maximum absolute atomic E-state index is 14.3. The largest absolute Gasteiger partial charge is 0.490 e. The first-order valence-corrected chi connectivity index (χ1v) is 10.7. The number of guanidine groups is 1. The Kier molecular flexibility index (Phi) is 9.55. The maximum atomic E-state index is 14.3. The van der Waals surface area contributed by atoms with E-state index in [-0.39, 0.29) is 11.9 Å². The van der Waals surface area contributed by atoms with Crippen molar-refractivity contribution in [2.45, 2.75) is 52.5 Å². The summed E-state index contributed by atoms with van der Waals surface area (Å²) in [5, 5.41) is 6.68. The van der Waals surface area contributed by atoms with E-state index >= 15 is 0 Å². The number of unbranched alkanes of at least 4 members (excludes halogenated alkanes) is 1. The third-order valence-electron chi connectivity index (χ3n) is 5.29. The van der Waals surface area contributed by atoms with E-state index in [1.807, 2.05) is 13.0 Å². The lowest BCUT2D eigenvalue weighted by molar-refractivity contribution is 0.285. The highest BCUT2D eigenvalue weighted by atomic mass is 19.1. The molecule has 0 spiro atoms. The van der Waals surface area contributed by atoms with Crippen LogP contribution in [0.2, 0.25) is 0 Å². The Balaban J connectivity index is 1.74. The van der Waals surface area contributed by atoms with Gasteiger partial charge in [-0.3, -0.25) is 4.99 Å². The highest BCUT2D eigenvalue weighted by Gasteiger charge is 2.22. The van der Waals surface area contributed by atoms with Gasteiger partial charge >= 0.3 is 0 Å². The standard InChI is InChI=1S/C22H37FN4O/c1-5-27(6-2)14-8-7-13-25-22(24-4)26-17(3)19-11-12-21(20(23)15-19)28-16-18-9-10-18/h11-12,15,17-18H,5-10,13-14,16H2,1-4H3,(H2,24,25,26). The summed E-state index contributed by atoms with van der Waals surface area (Å²) in [5.74, 6) is 1.40. The lowest BCUT2D eigenvalue weighted by Gasteiger charge is -2.20. The first-order valence-electron chi connectivity index (χ1n) is 10.7. The first-order chi connectivity index (χ1) is 13.6. The van der Waals surface area contributed by atoms with Gasteiger partial charge in [0.25, 0.3) is 0 Å². The second-order valence-electron chi connectivity index (χ2n) is 7.54. The van der Waals surface area contributed by atoms with Crippen molar-refractivity contribution in [1.29, 1.82) is 0 Å². The van der Waals surface area contributed by atoms with Crippen molar-refractivity contribution in [1.82, 2.24) is 15.5 Å². The molecule has 1 aromatic carbocycles. The van der Waals surface area contributed by atoms with E-state index in [1.165, 1.54) is 12.8 Å². The summed E-state index contributed by atoms with van der Waals surface area (Å²) >= 11 is 0. The van der Waals surface area contributed by atoms with Crippen LogP contribution in [0.25, 0.3) is 0 Å². The Morgan fingerprint density at radius 1 is 1.29 bits per heavy atom. The fourth-order valence-electron chi connectivity index (χ4n) is 3.09. The summed E-state index contributed by atoms with van der Waals surface area (Å²) in [7, 11) is 1.76. The number of nitrogens with one attached hydrogen (secondary N) is 2. The van der Waals surface area contributed by atoms with Crippen LogP contribution in [0.5, 0.6) is 5.75 Å². The molecule has 0 bridgehead atoms. The summed E-state index contributed by atoms with van der Waals surface area (Å²) in [4.78, 5) is 6.71. The molecule has 0 aliphatic heterocycles. The minimum absolute atomic E-state index is 0.0474. The first kappa shape index (κ1) is 22.5. The van der Waals surface area contributed by atoms with E-state index in [0.717, 1.165) is 50.5 Å². The van der Waals surface area contributed by atoms with Gasteiger partial charge in [-0.15, -0.1) is 0 Å². The molecule has 2 N–H and O–H groups in total. The van der Waals surface area contributed by atoms with Gasteiger partial charge in [-0.05, 0) is 75.9 Å². The Morgan fingerprint density at radius 3 is 2.64 bits per heavy atom. The quantitative estimate of drug-likeness (QED) is 0.321. The van der Waals surface area contributed by atoms with Crippen molar-refractivity contribution in [2.75, 3.05) is 39.8 Å². The predicted molar refractivity (Wildman–Crippen MR) is 115 cm³/mol. The molecule has 1 saturated carbocycles. The monoisotopic (exact) mass is 392 g/mol. The number of benzene rings is 1. The lowest BCUT2D eigenvalue weighted by atomic mass is 10.1. The Hall–Kier alpha value is -1.82. The lowest BCUT2D eigenvalue weighted by Crippen LogP contribution is -2.39. The topological polar surface area (TPSA) is 48.9 Å². The number of hydrogen-bond acceptors (Lipinski definition) is 3. The molecule has 1 atom stereocenters. The van der Waals surface area contributed by atoms with Crippen LogP contribution < -0.4 is 15.4 Å². The van der Waals surface area contributed by atoms with Crippen LogP contribution in [-0.2, 0) is 0 Å². The van der Waals surface area contributed by atoms with Gasteiger partial charge in [0.2, 0.25) is 0 Å². The van der Waals surface area contributed by atoms with Gasteiger partial charge < -0.3 is 20.3 Å².